The van der Waals surface area contributed by atoms with Gasteiger partial charge in [0, 0.05) is 12.0 Å². The Labute approximate surface area is 170 Å². The summed E-state index contributed by atoms with van der Waals surface area (Å²) in [6.07, 6.45) is -2.07. The number of nitrogens with zero attached hydrogens (tertiary/aromatic N) is 2. The summed E-state index contributed by atoms with van der Waals surface area (Å²) in [5.74, 6) is -0.586. The van der Waals surface area contributed by atoms with E-state index in [1.54, 1.807) is 59.7 Å². The van der Waals surface area contributed by atoms with Crippen LogP contribution in [-0.4, -0.2) is 39.7 Å². The number of rotatable bonds is 1. The molecule has 0 saturated carbocycles. The highest BCUT2D eigenvalue weighted by Crippen LogP contribution is 2.35. The van der Waals surface area contributed by atoms with Gasteiger partial charge in [-0.3, -0.25) is 4.79 Å². The Morgan fingerprint density at radius 3 is 2.24 bits per heavy atom. The van der Waals surface area contributed by atoms with Crippen molar-refractivity contribution in [3.8, 4) is 6.07 Å². The van der Waals surface area contributed by atoms with E-state index in [2.05, 4.69) is 5.43 Å². The average molecular weight is 401 g/mol. The van der Waals surface area contributed by atoms with E-state index < -0.39 is 34.7 Å². The van der Waals surface area contributed by atoms with Gasteiger partial charge in [0.1, 0.15) is 17.3 Å². The molecule has 0 spiro atoms. The van der Waals surface area contributed by atoms with Gasteiger partial charge in [-0.15, -0.1) is 0 Å². The lowest BCUT2D eigenvalue weighted by molar-refractivity contribution is -0.0161. The maximum Gasteiger partial charge on any atom is 0.431 e. The Morgan fingerprint density at radius 1 is 1.14 bits per heavy atom. The lowest BCUT2D eigenvalue weighted by Crippen LogP contribution is -2.63. The molecule has 2 amide bonds. The SMILES string of the molecule is Cc1ccc2c(c1)CC(C#N)(N(NC(=O)OC(C)(C)C)C(=O)OC(C)(C)C)C2=O. The number of nitrogens with one attached hydrogen (secondary N) is 1. The molecule has 0 heterocycles. The van der Waals surface area contributed by atoms with Crippen molar-refractivity contribution in [3.05, 3.63) is 34.9 Å². The third-order valence-corrected chi connectivity index (χ3v) is 4.07. The van der Waals surface area contributed by atoms with E-state index in [9.17, 15) is 19.6 Å². The second-order valence-electron chi connectivity index (χ2n) is 9.07. The van der Waals surface area contributed by atoms with Crippen LogP contribution in [0.3, 0.4) is 0 Å². The maximum absolute atomic E-state index is 13.2. The second kappa shape index (κ2) is 7.39. The molecule has 1 aromatic carbocycles. The van der Waals surface area contributed by atoms with E-state index in [1.807, 2.05) is 13.0 Å². The first kappa shape index (κ1) is 22.2. The molecule has 1 aliphatic carbocycles. The molecule has 8 nitrogen and oxygen atoms in total. The van der Waals surface area contributed by atoms with Gasteiger partial charge in [-0.25, -0.2) is 15.0 Å². The lowest BCUT2D eigenvalue weighted by atomic mass is 9.95. The Kier molecular flexibility index (Phi) is 5.66. The van der Waals surface area contributed by atoms with Crippen LogP contribution in [0.25, 0.3) is 0 Å². The van der Waals surface area contributed by atoms with Crippen LogP contribution >= 0.6 is 0 Å². The zero-order valence-corrected chi connectivity index (χ0v) is 17.9. The number of ketones is 1. The third-order valence-electron chi connectivity index (χ3n) is 4.07. The van der Waals surface area contributed by atoms with E-state index in [1.165, 1.54) is 0 Å². The summed E-state index contributed by atoms with van der Waals surface area (Å²) < 4.78 is 10.6. The van der Waals surface area contributed by atoms with Crippen molar-refractivity contribution < 1.29 is 23.9 Å². The third kappa shape index (κ3) is 4.86. The smallest absolute Gasteiger partial charge is 0.431 e. The molecule has 8 heteroatoms. The first-order valence-corrected chi connectivity index (χ1v) is 9.27. The summed E-state index contributed by atoms with van der Waals surface area (Å²) in [5.41, 5.74) is 0.396. The summed E-state index contributed by atoms with van der Waals surface area (Å²) >= 11 is 0. The molecule has 0 aromatic heterocycles. The minimum atomic E-state index is -1.98. The number of nitriles is 1. The molecule has 0 aliphatic heterocycles. The van der Waals surface area contributed by atoms with Gasteiger partial charge in [0.2, 0.25) is 11.3 Å². The summed E-state index contributed by atoms with van der Waals surface area (Å²) in [5, 5.41) is 10.6. The van der Waals surface area contributed by atoms with Gasteiger partial charge in [-0.05, 0) is 54.0 Å². The molecular formula is C21H27N3O5. The van der Waals surface area contributed by atoms with Crippen molar-refractivity contribution in [3.63, 3.8) is 0 Å². The zero-order valence-electron chi connectivity index (χ0n) is 17.9. The number of aryl methyl sites for hydroxylation is 1. The predicted octanol–water partition coefficient (Wildman–Crippen LogP) is 3.67. The number of amides is 2. The highest BCUT2D eigenvalue weighted by atomic mass is 16.6. The summed E-state index contributed by atoms with van der Waals surface area (Å²) in [7, 11) is 0. The van der Waals surface area contributed by atoms with E-state index in [0.29, 0.717) is 16.1 Å². The fraction of sp³-hybridized carbons (Fsp3) is 0.524. The van der Waals surface area contributed by atoms with E-state index in [0.717, 1.165) is 5.56 Å². The van der Waals surface area contributed by atoms with E-state index in [4.69, 9.17) is 9.47 Å². The number of hydrogen-bond donors (Lipinski definition) is 1. The fourth-order valence-electron chi connectivity index (χ4n) is 2.99. The first-order valence-electron chi connectivity index (χ1n) is 9.27. The van der Waals surface area contributed by atoms with Gasteiger partial charge in [-0.2, -0.15) is 10.3 Å². The van der Waals surface area contributed by atoms with Crippen molar-refractivity contribution in [2.24, 2.45) is 0 Å². The van der Waals surface area contributed by atoms with Gasteiger partial charge in [0.05, 0.1) is 0 Å². The number of hydrazine groups is 1. The summed E-state index contributed by atoms with van der Waals surface area (Å²) in [4.78, 5) is 38.5. The van der Waals surface area contributed by atoms with Gasteiger partial charge in [0.15, 0.2) is 0 Å². The van der Waals surface area contributed by atoms with Crippen LogP contribution in [-0.2, 0) is 15.9 Å². The topological polar surface area (TPSA) is 109 Å². The molecule has 0 fully saturated rings. The number of hydrogen-bond acceptors (Lipinski definition) is 6. The van der Waals surface area contributed by atoms with E-state index in [-0.39, 0.29) is 6.42 Å². The van der Waals surface area contributed by atoms with Crippen LogP contribution in [0, 0.1) is 18.3 Å². The minimum Gasteiger partial charge on any atom is -0.443 e. The molecular weight excluding hydrogens is 374 g/mol. The number of Topliss-reactive ketones (excluding diaryl/α,β-unsaturated/α-hetero) is 1. The Bertz CT molecular complexity index is 889. The molecule has 156 valence electrons. The molecule has 0 bridgehead atoms. The zero-order chi connectivity index (χ0) is 22.2. The van der Waals surface area contributed by atoms with Crippen molar-refractivity contribution in [2.45, 2.75) is 71.6 Å². The van der Waals surface area contributed by atoms with Gasteiger partial charge in [-0.1, -0.05) is 23.8 Å². The number of carbonyl (C=O) groups excluding carboxylic acids is 3. The van der Waals surface area contributed by atoms with Crippen LogP contribution in [0.4, 0.5) is 9.59 Å². The molecule has 1 aliphatic rings. The molecule has 1 aromatic rings. The number of carbonyl (C=O) groups is 3. The molecule has 29 heavy (non-hydrogen) atoms. The van der Waals surface area contributed by atoms with E-state index >= 15 is 0 Å². The molecule has 2 rings (SSSR count). The second-order valence-corrected chi connectivity index (χ2v) is 9.07. The molecule has 0 radical (unpaired) electrons. The monoisotopic (exact) mass is 401 g/mol. The number of benzene rings is 1. The van der Waals surface area contributed by atoms with Gasteiger partial charge >= 0.3 is 12.2 Å². The van der Waals surface area contributed by atoms with Crippen LogP contribution in [0.1, 0.15) is 63.0 Å². The van der Waals surface area contributed by atoms with Gasteiger partial charge < -0.3 is 9.47 Å². The summed E-state index contributed by atoms with van der Waals surface area (Å²) in [6.45, 7) is 11.8. The summed E-state index contributed by atoms with van der Waals surface area (Å²) in [6, 6.07) is 7.09. The normalized spacial score (nSPS) is 18.5. The molecule has 1 unspecified atom stereocenters. The molecule has 0 saturated heterocycles. The Hall–Kier alpha value is -3.08. The van der Waals surface area contributed by atoms with Crippen molar-refractivity contribution in [1.29, 1.82) is 5.26 Å². The quantitative estimate of drug-likeness (QED) is 0.719. The van der Waals surface area contributed by atoms with Crippen LogP contribution < -0.4 is 5.43 Å². The van der Waals surface area contributed by atoms with Crippen LogP contribution in [0.5, 0.6) is 0 Å². The average Bonchev–Trinajstić information content (AvgIpc) is 2.81. The fourth-order valence-corrected chi connectivity index (χ4v) is 2.99. The van der Waals surface area contributed by atoms with Crippen LogP contribution in [0.15, 0.2) is 18.2 Å². The van der Waals surface area contributed by atoms with Crippen molar-refractivity contribution >= 4 is 18.0 Å². The Morgan fingerprint density at radius 2 is 1.72 bits per heavy atom. The Balaban J connectivity index is 2.48. The molecule has 1 N–H and O–H groups in total. The predicted molar refractivity (Wildman–Crippen MR) is 105 cm³/mol. The lowest BCUT2D eigenvalue weighted by Gasteiger charge is -2.35. The maximum atomic E-state index is 13.2. The number of ether oxygens (including phenoxy) is 2. The van der Waals surface area contributed by atoms with Crippen LogP contribution in [0.2, 0.25) is 0 Å². The van der Waals surface area contributed by atoms with Crippen molar-refractivity contribution in [1.82, 2.24) is 10.4 Å². The minimum absolute atomic E-state index is 0.0750. The van der Waals surface area contributed by atoms with Gasteiger partial charge in [0.25, 0.3) is 0 Å². The molecule has 1 atom stereocenters. The first-order chi connectivity index (χ1) is 13.2. The standard InChI is InChI=1S/C21H27N3O5/c1-13-8-9-15-14(10-13)11-21(12-22,16(15)25)24(18(27)29-20(5,6)7)23-17(26)28-19(2,3)4/h8-10H,11H2,1-7H3,(H,23,26). The highest BCUT2D eigenvalue weighted by Gasteiger charge is 2.55. The number of fused-ring (bicyclic) bond motifs is 1. The largest absolute Gasteiger partial charge is 0.443 e. The van der Waals surface area contributed by atoms with Crippen molar-refractivity contribution in [2.75, 3.05) is 0 Å². The highest BCUT2D eigenvalue weighted by molar-refractivity contribution is 6.11.